The van der Waals surface area contributed by atoms with Crippen molar-refractivity contribution in [2.75, 3.05) is 19.5 Å². The lowest BCUT2D eigenvalue weighted by Crippen LogP contribution is -2.31. The molecule has 0 bridgehead atoms. The molecular formula is C21H21NO4S. The molecule has 0 fully saturated rings. The van der Waals surface area contributed by atoms with Crippen LogP contribution in [0.15, 0.2) is 53.4 Å². The molecule has 0 aliphatic carbocycles. The minimum atomic E-state index is -0.342. The molecule has 0 atom stereocenters. The molecule has 1 aliphatic rings. The maximum absolute atomic E-state index is 13.1. The van der Waals surface area contributed by atoms with E-state index in [9.17, 15) is 14.7 Å². The number of hydrogen-bond donors (Lipinski definition) is 1. The number of nitrogens with zero attached hydrogens (tertiary/aromatic N) is 1. The first-order valence-corrected chi connectivity index (χ1v) is 9.58. The molecule has 1 heterocycles. The normalized spacial score (nSPS) is 14.3. The number of aliphatic hydroxyl groups excluding tert-OH is 1. The number of aliphatic hydroxyl groups is 1. The molecule has 0 radical (unpaired) electrons. The van der Waals surface area contributed by atoms with Crippen LogP contribution >= 0.6 is 11.8 Å². The molecule has 2 aromatic rings. The Morgan fingerprint density at radius 2 is 1.74 bits per heavy atom. The number of thioether (sulfide) groups is 1. The summed E-state index contributed by atoms with van der Waals surface area (Å²) in [6.45, 7) is 2.12. The molecule has 5 nitrogen and oxygen atoms in total. The van der Waals surface area contributed by atoms with Crippen molar-refractivity contribution in [1.82, 2.24) is 4.90 Å². The third-order valence-corrected chi connectivity index (χ3v) is 5.35. The van der Waals surface area contributed by atoms with Gasteiger partial charge in [-0.25, -0.2) is 0 Å². The topological polar surface area (TPSA) is 66.8 Å². The summed E-state index contributed by atoms with van der Waals surface area (Å²) in [6.07, 6.45) is 0. The molecule has 0 saturated heterocycles. The Balaban J connectivity index is 1.99. The maximum Gasteiger partial charge on any atom is 0.268 e. The van der Waals surface area contributed by atoms with E-state index in [0.29, 0.717) is 27.5 Å². The quantitative estimate of drug-likeness (QED) is 0.745. The highest BCUT2D eigenvalue weighted by Gasteiger charge is 2.40. The second-order valence-electron chi connectivity index (χ2n) is 6.16. The Morgan fingerprint density at radius 3 is 2.41 bits per heavy atom. The van der Waals surface area contributed by atoms with Gasteiger partial charge in [0.2, 0.25) is 0 Å². The molecule has 140 valence electrons. The first kappa shape index (κ1) is 19.2. The molecule has 1 aliphatic heterocycles. The summed E-state index contributed by atoms with van der Waals surface area (Å²) in [5, 5.41) is 9.19. The number of methoxy groups -OCH3 is 1. The van der Waals surface area contributed by atoms with Gasteiger partial charge in [0.25, 0.3) is 11.8 Å². The maximum atomic E-state index is 13.1. The van der Waals surface area contributed by atoms with Crippen molar-refractivity contribution in [1.29, 1.82) is 0 Å². The highest BCUT2D eigenvalue weighted by Crippen LogP contribution is 2.39. The van der Waals surface area contributed by atoms with Crippen molar-refractivity contribution in [2.24, 2.45) is 0 Å². The molecule has 1 N–H and O–H groups in total. The Bertz CT molecular complexity index is 889. The van der Waals surface area contributed by atoms with Gasteiger partial charge in [-0.05, 0) is 18.6 Å². The number of ether oxygens (including phenoxy) is 1. The first-order valence-electron chi connectivity index (χ1n) is 8.60. The number of aryl methyl sites for hydroxylation is 1. The summed E-state index contributed by atoms with van der Waals surface area (Å²) in [5.41, 5.74) is 2.92. The van der Waals surface area contributed by atoms with Gasteiger partial charge in [-0.2, -0.15) is 0 Å². The van der Waals surface area contributed by atoms with Crippen LogP contribution < -0.4 is 4.74 Å². The van der Waals surface area contributed by atoms with Gasteiger partial charge >= 0.3 is 0 Å². The third kappa shape index (κ3) is 3.91. The van der Waals surface area contributed by atoms with E-state index in [4.69, 9.17) is 4.74 Å². The molecule has 0 saturated carbocycles. The van der Waals surface area contributed by atoms with Gasteiger partial charge in [0.1, 0.15) is 5.75 Å². The van der Waals surface area contributed by atoms with E-state index < -0.39 is 0 Å². The van der Waals surface area contributed by atoms with Gasteiger partial charge in [0, 0.05) is 11.3 Å². The van der Waals surface area contributed by atoms with E-state index in [1.165, 1.54) is 23.8 Å². The van der Waals surface area contributed by atoms with Crippen LogP contribution in [-0.4, -0.2) is 41.3 Å². The third-order valence-electron chi connectivity index (χ3n) is 4.30. The lowest BCUT2D eigenvalue weighted by molar-refractivity contribution is -0.137. The fourth-order valence-electron chi connectivity index (χ4n) is 2.94. The van der Waals surface area contributed by atoms with Crippen LogP contribution in [0.5, 0.6) is 5.75 Å². The van der Waals surface area contributed by atoms with Crippen LogP contribution in [-0.2, 0) is 16.1 Å². The average molecular weight is 383 g/mol. The van der Waals surface area contributed by atoms with E-state index in [-0.39, 0.29) is 25.0 Å². The van der Waals surface area contributed by atoms with E-state index in [1.54, 1.807) is 18.2 Å². The zero-order valence-electron chi connectivity index (χ0n) is 15.3. The SMILES string of the molecule is COc1ccccc1C1=C(SCCO)C(=O)N(Cc2ccc(C)cc2)C1=O. The Kier molecular flexibility index (Phi) is 5.98. The number of hydrogen-bond acceptors (Lipinski definition) is 5. The van der Waals surface area contributed by atoms with Gasteiger partial charge in [-0.1, -0.05) is 48.0 Å². The van der Waals surface area contributed by atoms with Crippen molar-refractivity contribution in [3.63, 3.8) is 0 Å². The van der Waals surface area contributed by atoms with Gasteiger partial charge in [0.05, 0.1) is 30.7 Å². The number of rotatable bonds is 7. The number of imide groups is 1. The summed E-state index contributed by atoms with van der Waals surface area (Å²) < 4.78 is 5.39. The number of carbonyl (C=O) groups excluding carboxylic acids is 2. The lowest BCUT2D eigenvalue weighted by atomic mass is 10.0. The van der Waals surface area contributed by atoms with E-state index in [1.807, 2.05) is 37.3 Å². The molecule has 2 aromatic carbocycles. The predicted octanol–water partition coefficient (Wildman–Crippen LogP) is 3.01. The minimum Gasteiger partial charge on any atom is -0.496 e. The second kappa shape index (κ2) is 8.41. The molecule has 2 amide bonds. The number of benzene rings is 2. The summed E-state index contributed by atoms with van der Waals surface area (Å²) in [7, 11) is 1.53. The van der Waals surface area contributed by atoms with Crippen molar-refractivity contribution in [2.45, 2.75) is 13.5 Å². The van der Waals surface area contributed by atoms with Crippen LogP contribution in [0.4, 0.5) is 0 Å². The molecular weight excluding hydrogens is 362 g/mol. The van der Waals surface area contributed by atoms with E-state index >= 15 is 0 Å². The molecule has 27 heavy (non-hydrogen) atoms. The first-order chi connectivity index (χ1) is 13.1. The molecule has 0 unspecified atom stereocenters. The second-order valence-corrected chi connectivity index (χ2v) is 7.26. The summed E-state index contributed by atoms with van der Waals surface area (Å²) in [6, 6.07) is 14.9. The van der Waals surface area contributed by atoms with E-state index in [0.717, 1.165) is 11.1 Å². The monoisotopic (exact) mass is 383 g/mol. The standard InChI is InChI=1S/C21H21NO4S/c1-14-7-9-15(10-8-14)13-22-20(24)18(19(21(22)25)27-12-11-23)16-5-3-4-6-17(16)26-2/h3-10,23H,11-13H2,1-2H3. The highest BCUT2D eigenvalue weighted by molar-refractivity contribution is 8.04. The van der Waals surface area contributed by atoms with Gasteiger partial charge < -0.3 is 9.84 Å². The largest absolute Gasteiger partial charge is 0.496 e. The van der Waals surface area contributed by atoms with Crippen molar-refractivity contribution >= 4 is 29.1 Å². The number of amides is 2. The minimum absolute atomic E-state index is 0.0766. The zero-order valence-corrected chi connectivity index (χ0v) is 16.1. The summed E-state index contributed by atoms with van der Waals surface area (Å²) >= 11 is 1.20. The van der Waals surface area contributed by atoms with Gasteiger partial charge in [-0.3, -0.25) is 14.5 Å². The Morgan fingerprint density at radius 1 is 1.04 bits per heavy atom. The smallest absolute Gasteiger partial charge is 0.268 e. The highest BCUT2D eigenvalue weighted by atomic mass is 32.2. The fraction of sp³-hybridized carbons (Fsp3) is 0.238. The van der Waals surface area contributed by atoms with Crippen LogP contribution in [0.3, 0.4) is 0 Å². The van der Waals surface area contributed by atoms with Crippen LogP contribution in [0.25, 0.3) is 5.57 Å². The van der Waals surface area contributed by atoms with Crippen LogP contribution in [0.2, 0.25) is 0 Å². The van der Waals surface area contributed by atoms with Crippen LogP contribution in [0.1, 0.15) is 16.7 Å². The predicted molar refractivity (Wildman–Crippen MR) is 106 cm³/mol. The summed E-state index contributed by atoms with van der Waals surface area (Å²) in [4.78, 5) is 27.7. The summed E-state index contributed by atoms with van der Waals surface area (Å²) in [5.74, 6) is 0.198. The molecule has 6 heteroatoms. The molecule has 0 aromatic heterocycles. The molecule has 0 spiro atoms. The molecule has 3 rings (SSSR count). The van der Waals surface area contributed by atoms with Crippen molar-refractivity contribution < 1.29 is 19.4 Å². The number of carbonyl (C=O) groups is 2. The van der Waals surface area contributed by atoms with Crippen molar-refractivity contribution in [3.8, 4) is 5.75 Å². The average Bonchev–Trinajstić information content (AvgIpc) is 2.92. The van der Waals surface area contributed by atoms with Crippen LogP contribution in [0, 0.1) is 6.92 Å². The lowest BCUT2D eigenvalue weighted by Gasteiger charge is -2.16. The van der Waals surface area contributed by atoms with Gasteiger partial charge in [0.15, 0.2) is 0 Å². The van der Waals surface area contributed by atoms with Crippen molar-refractivity contribution in [3.05, 3.63) is 70.1 Å². The Hall–Kier alpha value is -2.57. The fourth-order valence-corrected chi connectivity index (χ4v) is 3.81. The van der Waals surface area contributed by atoms with Gasteiger partial charge in [-0.15, -0.1) is 11.8 Å². The number of para-hydroxylation sites is 1. The zero-order chi connectivity index (χ0) is 19.4. The Labute approximate surface area is 162 Å². The van der Waals surface area contributed by atoms with E-state index in [2.05, 4.69) is 0 Å².